The summed E-state index contributed by atoms with van der Waals surface area (Å²) in [6.07, 6.45) is 4.49. The standard InChI is InChI=1S/C15H20O4/c1-14(2)10-4-5-15(14,3)11(7-10)18-13-9(8-16)6-12(17)19-13/h6,8,10-11,13H,4-5,7H2,1-3H3/t10-,11-,13?,15+/m0/s1. The summed E-state index contributed by atoms with van der Waals surface area (Å²) >= 11 is 0. The van der Waals surface area contributed by atoms with Crippen molar-refractivity contribution in [2.45, 2.75) is 52.4 Å². The molecule has 3 aliphatic rings. The van der Waals surface area contributed by atoms with E-state index in [9.17, 15) is 9.59 Å². The van der Waals surface area contributed by atoms with Crippen molar-refractivity contribution in [3.05, 3.63) is 11.6 Å². The molecule has 4 heteroatoms. The SMILES string of the molecule is CC1(C)[C@H]2CC[C@]1(C)[C@@H](OC1OC(=O)C=C1C=O)C2. The van der Waals surface area contributed by atoms with E-state index in [2.05, 4.69) is 20.8 Å². The van der Waals surface area contributed by atoms with Crippen molar-refractivity contribution in [2.75, 3.05) is 0 Å². The number of carbonyl (C=O) groups excluding carboxylic acids is 2. The van der Waals surface area contributed by atoms with Gasteiger partial charge in [-0.2, -0.15) is 0 Å². The Morgan fingerprint density at radius 2 is 2.16 bits per heavy atom. The van der Waals surface area contributed by atoms with Gasteiger partial charge in [0.05, 0.1) is 11.7 Å². The number of hydrogen-bond donors (Lipinski definition) is 0. The summed E-state index contributed by atoms with van der Waals surface area (Å²) in [4.78, 5) is 22.1. The number of hydrogen-bond acceptors (Lipinski definition) is 4. The van der Waals surface area contributed by atoms with Crippen molar-refractivity contribution in [3.63, 3.8) is 0 Å². The van der Waals surface area contributed by atoms with Crippen LogP contribution in [0.3, 0.4) is 0 Å². The zero-order valence-electron chi connectivity index (χ0n) is 11.6. The summed E-state index contributed by atoms with van der Waals surface area (Å²) in [6.45, 7) is 6.85. The quantitative estimate of drug-likeness (QED) is 0.579. The van der Waals surface area contributed by atoms with Crippen LogP contribution < -0.4 is 0 Å². The first-order valence-electron chi connectivity index (χ1n) is 6.91. The summed E-state index contributed by atoms with van der Waals surface area (Å²) in [6, 6.07) is 0. The molecule has 104 valence electrons. The van der Waals surface area contributed by atoms with Gasteiger partial charge in [0.2, 0.25) is 6.29 Å². The maximum Gasteiger partial charge on any atom is 0.333 e. The first-order valence-corrected chi connectivity index (χ1v) is 6.91. The Bertz CT molecular complexity index is 465. The van der Waals surface area contributed by atoms with Crippen LogP contribution in [0, 0.1) is 16.7 Å². The lowest BCUT2D eigenvalue weighted by Gasteiger charge is -2.39. The fourth-order valence-corrected chi connectivity index (χ4v) is 4.09. The molecule has 1 unspecified atom stereocenters. The summed E-state index contributed by atoms with van der Waals surface area (Å²) in [5, 5.41) is 0. The molecule has 2 saturated carbocycles. The van der Waals surface area contributed by atoms with E-state index in [-0.39, 0.29) is 16.9 Å². The number of ether oxygens (including phenoxy) is 2. The van der Waals surface area contributed by atoms with E-state index < -0.39 is 12.3 Å². The molecule has 4 nitrogen and oxygen atoms in total. The Morgan fingerprint density at radius 3 is 2.68 bits per heavy atom. The number of aldehydes is 1. The number of cyclic esters (lactones) is 1. The van der Waals surface area contributed by atoms with Crippen molar-refractivity contribution in [1.29, 1.82) is 0 Å². The highest BCUT2D eigenvalue weighted by Gasteiger charge is 2.62. The molecule has 4 atom stereocenters. The molecule has 1 heterocycles. The molecule has 3 rings (SSSR count). The second kappa shape index (κ2) is 3.92. The third-order valence-corrected chi connectivity index (χ3v) is 5.92. The third-order valence-electron chi connectivity index (χ3n) is 5.92. The van der Waals surface area contributed by atoms with E-state index in [1.54, 1.807) is 0 Å². The Kier molecular flexibility index (Phi) is 2.65. The van der Waals surface area contributed by atoms with Gasteiger partial charge in [-0.25, -0.2) is 4.79 Å². The number of carbonyl (C=O) groups is 2. The normalized spacial score (nSPS) is 43.2. The average Bonchev–Trinajstić information content (AvgIpc) is 2.87. The minimum Gasteiger partial charge on any atom is -0.428 e. The second-order valence-corrected chi connectivity index (χ2v) is 6.77. The molecular weight excluding hydrogens is 244 g/mol. The zero-order chi connectivity index (χ0) is 13.8. The van der Waals surface area contributed by atoms with E-state index in [4.69, 9.17) is 9.47 Å². The highest BCUT2D eigenvalue weighted by atomic mass is 16.7. The predicted molar refractivity (Wildman–Crippen MR) is 68.1 cm³/mol. The third kappa shape index (κ3) is 1.62. The van der Waals surface area contributed by atoms with Gasteiger partial charge in [0.25, 0.3) is 0 Å². The fourth-order valence-electron chi connectivity index (χ4n) is 4.09. The smallest absolute Gasteiger partial charge is 0.333 e. The Hall–Kier alpha value is -1.16. The van der Waals surface area contributed by atoms with Crippen molar-refractivity contribution >= 4 is 12.3 Å². The van der Waals surface area contributed by atoms with Crippen molar-refractivity contribution < 1.29 is 19.1 Å². The molecule has 0 N–H and O–H groups in total. The molecule has 2 aliphatic carbocycles. The van der Waals surface area contributed by atoms with Crippen molar-refractivity contribution in [2.24, 2.45) is 16.7 Å². The Labute approximate surface area is 113 Å². The van der Waals surface area contributed by atoms with E-state index in [0.29, 0.717) is 17.8 Å². The maximum atomic E-state index is 11.2. The van der Waals surface area contributed by atoms with E-state index in [1.165, 1.54) is 12.5 Å². The van der Waals surface area contributed by atoms with Gasteiger partial charge < -0.3 is 9.47 Å². The molecule has 19 heavy (non-hydrogen) atoms. The molecule has 2 fully saturated rings. The molecule has 0 aromatic rings. The van der Waals surface area contributed by atoms with Crippen LogP contribution in [0.1, 0.15) is 40.0 Å². The lowest BCUT2D eigenvalue weighted by atomic mass is 9.70. The van der Waals surface area contributed by atoms with Gasteiger partial charge in [-0.3, -0.25) is 4.79 Å². The van der Waals surface area contributed by atoms with Gasteiger partial charge >= 0.3 is 5.97 Å². The van der Waals surface area contributed by atoms with Gasteiger partial charge in [0.15, 0.2) is 6.29 Å². The van der Waals surface area contributed by atoms with E-state index >= 15 is 0 Å². The van der Waals surface area contributed by atoms with Crippen LogP contribution in [0.5, 0.6) is 0 Å². The van der Waals surface area contributed by atoms with Crippen LogP contribution >= 0.6 is 0 Å². The number of esters is 1. The van der Waals surface area contributed by atoms with Gasteiger partial charge in [-0.1, -0.05) is 20.8 Å². The average molecular weight is 264 g/mol. The summed E-state index contributed by atoms with van der Waals surface area (Å²) in [5.74, 6) is 0.169. The van der Waals surface area contributed by atoms with E-state index in [0.717, 1.165) is 12.8 Å². The molecule has 0 aromatic carbocycles. The molecule has 1 aliphatic heterocycles. The minimum atomic E-state index is -0.804. The topological polar surface area (TPSA) is 52.6 Å². The van der Waals surface area contributed by atoms with Crippen LogP contribution in [0.4, 0.5) is 0 Å². The molecule has 0 spiro atoms. The zero-order valence-corrected chi connectivity index (χ0v) is 11.6. The first-order chi connectivity index (χ1) is 8.88. The molecule has 2 bridgehead atoms. The predicted octanol–water partition coefficient (Wildman–Crippen LogP) is 2.23. The van der Waals surface area contributed by atoms with Gasteiger partial charge in [0.1, 0.15) is 0 Å². The van der Waals surface area contributed by atoms with Crippen molar-refractivity contribution in [3.8, 4) is 0 Å². The summed E-state index contributed by atoms with van der Waals surface area (Å²) in [7, 11) is 0. The second-order valence-electron chi connectivity index (χ2n) is 6.77. The Morgan fingerprint density at radius 1 is 1.42 bits per heavy atom. The molecule has 0 saturated heterocycles. The molecule has 0 aromatic heterocycles. The maximum absolute atomic E-state index is 11.2. The number of fused-ring (bicyclic) bond motifs is 2. The lowest BCUT2D eigenvalue weighted by Crippen LogP contribution is -2.39. The van der Waals surface area contributed by atoms with Crippen LogP contribution in [-0.2, 0) is 19.1 Å². The monoisotopic (exact) mass is 264 g/mol. The van der Waals surface area contributed by atoms with Gasteiger partial charge in [0, 0.05) is 6.08 Å². The largest absolute Gasteiger partial charge is 0.428 e. The molecule has 0 radical (unpaired) electrons. The van der Waals surface area contributed by atoms with Crippen LogP contribution in [0.15, 0.2) is 11.6 Å². The highest BCUT2D eigenvalue weighted by Crippen LogP contribution is 2.66. The van der Waals surface area contributed by atoms with Gasteiger partial charge in [-0.05, 0) is 36.0 Å². The molecular formula is C15H20O4. The fraction of sp³-hybridized carbons (Fsp3) is 0.733. The summed E-state index contributed by atoms with van der Waals surface area (Å²) in [5.41, 5.74) is 0.639. The van der Waals surface area contributed by atoms with E-state index in [1.807, 2.05) is 0 Å². The number of rotatable bonds is 3. The first kappa shape index (κ1) is 12.9. The van der Waals surface area contributed by atoms with Crippen molar-refractivity contribution in [1.82, 2.24) is 0 Å². The van der Waals surface area contributed by atoms with Crippen LogP contribution in [0.2, 0.25) is 0 Å². The Balaban J connectivity index is 1.78. The molecule has 0 amide bonds. The van der Waals surface area contributed by atoms with Crippen LogP contribution in [0.25, 0.3) is 0 Å². The summed E-state index contributed by atoms with van der Waals surface area (Å²) < 4.78 is 11.0. The minimum absolute atomic E-state index is 0.0560. The highest BCUT2D eigenvalue weighted by molar-refractivity contribution is 5.93. The van der Waals surface area contributed by atoms with Gasteiger partial charge in [-0.15, -0.1) is 0 Å². The van der Waals surface area contributed by atoms with Crippen LogP contribution in [-0.4, -0.2) is 24.6 Å². The lowest BCUT2D eigenvalue weighted by molar-refractivity contribution is -0.182.